The maximum absolute atomic E-state index is 13.0. The highest BCUT2D eigenvalue weighted by molar-refractivity contribution is 6.31. The molecule has 1 atom stereocenters. The number of nitrogens with one attached hydrogen (secondary N) is 1. The predicted octanol–water partition coefficient (Wildman–Crippen LogP) is 5.11. The summed E-state index contributed by atoms with van der Waals surface area (Å²) in [7, 11) is 3.75. The zero-order valence-corrected chi connectivity index (χ0v) is 20.2. The van der Waals surface area contributed by atoms with Crippen LogP contribution in [0, 0.1) is 0 Å². The normalized spacial score (nSPS) is 15.3. The summed E-state index contributed by atoms with van der Waals surface area (Å²) in [5, 5.41) is 3.50. The molecule has 3 aromatic rings. The Morgan fingerprint density at radius 2 is 1.74 bits per heavy atom. The van der Waals surface area contributed by atoms with Crippen LogP contribution < -0.4 is 10.2 Å². The average Bonchev–Trinajstić information content (AvgIpc) is 3.13. The van der Waals surface area contributed by atoms with Crippen molar-refractivity contribution < 1.29 is 9.59 Å². The summed E-state index contributed by atoms with van der Waals surface area (Å²) in [6.07, 6.45) is 0. The number of likely N-dealkylation sites (N-methyl/N-ethyl adjacent to an activating group) is 2. The van der Waals surface area contributed by atoms with Crippen molar-refractivity contribution in [3.8, 4) is 0 Å². The van der Waals surface area contributed by atoms with Crippen molar-refractivity contribution in [2.24, 2.45) is 4.99 Å². The number of anilines is 2. The second kappa shape index (κ2) is 10.2. The van der Waals surface area contributed by atoms with Crippen molar-refractivity contribution >= 4 is 46.2 Å². The summed E-state index contributed by atoms with van der Waals surface area (Å²) in [5.41, 5.74) is 4.59. The molecular formula is C27H27ClN4O2. The number of carbonyl (C=O) groups is 2. The van der Waals surface area contributed by atoms with Crippen LogP contribution in [0.3, 0.4) is 0 Å². The van der Waals surface area contributed by atoms with Gasteiger partial charge in [0.25, 0.3) is 0 Å². The molecule has 174 valence electrons. The third kappa shape index (κ3) is 5.03. The minimum Gasteiger partial charge on any atom is -0.325 e. The van der Waals surface area contributed by atoms with E-state index in [9.17, 15) is 9.59 Å². The number of hydrogen-bond acceptors (Lipinski definition) is 4. The number of benzene rings is 3. The fourth-order valence-corrected chi connectivity index (χ4v) is 4.29. The van der Waals surface area contributed by atoms with Gasteiger partial charge < -0.3 is 15.1 Å². The first-order valence-electron chi connectivity index (χ1n) is 11.2. The summed E-state index contributed by atoms with van der Waals surface area (Å²) >= 11 is 6.14. The highest BCUT2D eigenvalue weighted by atomic mass is 35.5. The molecule has 34 heavy (non-hydrogen) atoms. The number of amides is 2. The molecule has 0 radical (unpaired) electrons. The summed E-state index contributed by atoms with van der Waals surface area (Å²) in [6, 6.07) is 22.6. The molecule has 1 heterocycles. The van der Waals surface area contributed by atoms with Crippen LogP contribution in [0.15, 0.2) is 77.8 Å². The largest absolute Gasteiger partial charge is 0.325 e. The Morgan fingerprint density at radius 1 is 1.03 bits per heavy atom. The third-order valence-corrected chi connectivity index (χ3v) is 5.90. The van der Waals surface area contributed by atoms with E-state index in [0.717, 1.165) is 16.8 Å². The fourth-order valence-electron chi connectivity index (χ4n) is 4.12. The lowest BCUT2D eigenvalue weighted by molar-refractivity contribution is -0.119. The Morgan fingerprint density at radius 3 is 2.38 bits per heavy atom. The van der Waals surface area contributed by atoms with Gasteiger partial charge in [0.2, 0.25) is 11.8 Å². The van der Waals surface area contributed by atoms with Crippen molar-refractivity contribution in [2.75, 3.05) is 37.4 Å². The number of aliphatic imine (C=N–C) groups is 1. The van der Waals surface area contributed by atoms with Crippen LogP contribution in [0.2, 0.25) is 5.02 Å². The van der Waals surface area contributed by atoms with Crippen LogP contribution in [0.5, 0.6) is 0 Å². The molecule has 7 heteroatoms. The molecule has 6 nitrogen and oxygen atoms in total. The van der Waals surface area contributed by atoms with E-state index in [0.29, 0.717) is 35.2 Å². The van der Waals surface area contributed by atoms with Crippen LogP contribution in [-0.2, 0) is 9.59 Å². The van der Waals surface area contributed by atoms with Gasteiger partial charge in [-0.2, -0.15) is 0 Å². The fraction of sp³-hybridized carbons (Fsp3) is 0.222. The molecule has 0 saturated carbocycles. The van der Waals surface area contributed by atoms with Gasteiger partial charge >= 0.3 is 0 Å². The molecule has 0 saturated heterocycles. The number of rotatable bonds is 7. The number of carbonyl (C=O) groups excluding carboxylic acids is 2. The second-order valence-corrected chi connectivity index (χ2v) is 8.85. The Kier molecular flexibility index (Phi) is 7.10. The molecule has 1 aliphatic heterocycles. The molecule has 0 spiro atoms. The monoisotopic (exact) mass is 474 g/mol. The molecule has 3 aromatic carbocycles. The van der Waals surface area contributed by atoms with E-state index in [1.165, 1.54) is 0 Å². The Hall–Kier alpha value is -3.48. The quantitative estimate of drug-likeness (QED) is 0.484. The van der Waals surface area contributed by atoms with E-state index in [1.807, 2.05) is 86.6 Å². The maximum atomic E-state index is 13.0. The maximum Gasteiger partial charge on any atom is 0.241 e. The Bertz CT molecular complexity index is 1220. The smallest absolute Gasteiger partial charge is 0.241 e. The Labute approximate surface area is 204 Å². The number of nitrogens with zero attached hydrogens (tertiary/aromatic N) is 3. The van der Waals surface area contributed by atoms with Gasteiger partial charge in [-0.15, -0.1) is 0 Å². The average molecular weight is 475 g/mol. The summed E-state index contributed by atoms with van der Waals surface area (Å²) in [5.74, 6) is -0.655. The number of fused-ring (bicyclic) bond motifs is 1. The molecular weight excluding hydrogens is 448 g/mol. The van der Waals surface area contributed by atoms with Gasteiger partial charge in [0.05, 0.1) is 17.9 Å². The van der Waals surface area contributed by atoms with Crippen LogP contribution in [-0.4, -0.2) is 49.6 Å². The zero-order valence-electron chi connectivity index (χ0n) is 19.5. The highest BCUT2D eigenvalue weighted by Crippen LogP contribution is 2.37. The minimum atomic E-state index is -0.553. The summed E-state index contributed by atoms with van der Waals surface area (Å²) in [6.45, 7) is 2.87. The standard InChI is InChI=1S/C27H27ClN4O2/c1-4-32(24(33)17-31(2)3)21-13-11-20(12-14-21)29-26(18-8-6-5-7-9-18)25-22-15-10-19(28)16-23(22)30-27(25)34/h5-16,25H,4,17H2,1-3H3,(H,30,34). The number of halogens is 1. The highest BCUT2D eigenvalue weighted by Gasteiger charge is 2.35. The molecule has 0 aliphatic carbocycles. The van der Waals surface area contributed by atoms with Gasteiger partial charge in [0.15, 0.2) is 0 Å². The molecule has 2 amide bonds. The van der Waals surface area contributed by atoms with E-state index < -0.39 is 5.92 Å². The van der Waals surface area contributed by atoms with Crippen LogP contribution in [0.25, 0.3) is 0 Å². The predicted molar refractivity (Wildman–Crippen MR) is 138 cm³/mol. The first kappa shape index (κ1) is 23.7. The van der Waals surface area contributed by atoms with Gasteiger partial charge in [-0.05, 0) is 68.5 Å². The van der Waals surface area contributed by atoms with E-state index in [1.54, 1.807) is 17.0 Å². The third-order valence-electron chi connectivity index (χ3n) is 5.67. The topological polar surface area (TPSA) is 65.0 Å². The van der Waals surface area contributed by atoms with Crippen molar-refractivity contribution in [3.05, 3.63) is 88.9 Å². The van der Waals surface area contributed by atoms with E-state index >= 15 is 0 Å². The van der Waals surface area contributed by atoms with Gasteiger partial charge in [-0.1, -0.05) is 48.0 Å². The number of hydrogen-bond donors (Lipinski definition) is 1. The van der Waals surface area contributed by atoms with Crippen molar-refractivity contribution in [1.82, 2.24) is 4.90 Å². The first-order valence-corrected chi connectivity index (χ1v) is 11.5. The molecule has 1 N–H and O–H groups in total. The lowest BCUT2D eigenvalue weighted by Crippen LogP contribution is -2.37. The van der Waals surface area contributed by atoms with Gasteiger partial charge in [-0.25, -0.2) is 0 Å². The molecule has 1 unspecified atom stereocenters. The Balaban J connectivity index is 1.72. The summed E-state index contributed by atoms with van der Waals surface area (Å²) in [4.78, 5) is 34.1. The lowest BCUT2D eigenvalue weighted by Gasteiger charge is -2.23. The molecule has 1 aliphatic rings. The van der Waals surface area contributed by atoms with Crippen molar-refractivity contribution in [3.63, 3.8) is 0 Å². The van der Waals surface area contributed by atoms with Gasteiger partial charge in [-0.3, -0.25) is 14.6 Å². The molecule has 0 aromatic heterocycles. The summed E-state index contributed by atoms with van der Waals surface area (Å²) < 4.78 is 0. The van der Waals surface area contributed by atoms with Crippen molar-refractivity contribution in [1.29, 1.82) is 0 Å². The lowest BCUT2D eigenvalue weighted by atomic mass is 9.90. The SMILES string of the molecule is CCN(C(=O)CN(C)C)c1ccc(N=C(c2ccccc2)C2C(=O)Nc3cc(Cl)ccc32)cc1. The first-order chi connectivity index (χ1) is 16.4. The van der Waals surface area contributed by atoms with E-state index in [2.05, 4.69) is 5.32 Å². The van der Waals surface area contributed by atoms with Crippen LogP contribution >= 0.6 is 11.6 Å². The molecule has 4 rings (SSSR count). The molecule has 0 bridgehead atoms. The van der Waals surface area contributed by atoms with Gasteiger partial charge in [0, 0.05) is 22.9 Å². The van der Waals surface area contributed by atoms with Crippen LogP contribution in [0.4, 0.5) is 17.1 Å². The van der Waals surface area contributed by atoms with E-state index in [-0.39, 0.29) is 11.8 Å². The van der Waals surface area contributed by atoms with Crippen molar-refractivity contribution in [2.45, 2.75) is 12.8 Å². The molecule has 0 fully saturated rings. The van der Waals surface area contributed by atoms with Gasteiger partial charge in [0.1, 0.15) is 5.92 Å². The van der Waals surface area contributed by atoms with Crippen LogP contribution in [0.1, 0.15) is 24.0 Å². The second-order valence-electron chi connectivity index (χ2n) is 8.41. The van der Waals surface area contributed by atoms with E-state index in [4.69, 9.17) is 16.6 Å². The minimum absolute atomic E-state index is 0.0339. The zero-order chi connectivity index (χ0) is 24.2.